The van der Waals surface area contributed by atoms with Crippen LogP contribution in [0.5, 0.6) is 5.75 Å². The first-order chi connectivity index (χ1) is 15.5. The lowest BCUT2D eigenvalue weighted by atomic mass is 9.78. The molecule has 0 spiro atoms. The molecule has 2 fully saturated rings. The molecule has 2 aromatic rings. The highest BCUT2D eigenvalue weighted by molar-refractivity contribution is 5.71. The van der Waals surface area contributed by atoms with Crippen molar-refractivity contribution in [2.45, 2.75) is 70.6 Å². The molecule has 2 atom stereocenters. The van der Waals surface area contributed by atoms with E-state index in [2.05, 4.69) is 13.0 Å². The lowest BCUT2D eigenvalue weighted by Crippen LogP contribution is -2.21. The van der Waals surface area contributed by atoms with Crippen LogP contribution in [0.3, 0.4) is 0 Å². The normalized spacial score (nSPS) is 22.8. The fourth-order valence-corrected chi connectivity index (χ4v) is 5.37. The number of aryl methyl sites for hydroxylation is 1. The Labute approximate surface area is 191 Å². The summed E-state index contributed by atoms with van der Waals surface area (Å²) in [6, 6.07) is 13.6. The highest BCUT2D eigenvalue weighted by atomic mass is 19.1. The molecule has 2 saturated carbocycles. The minimum atomic E-state index is -0.731. The average Bonchev–Trinajstić information content (AvgIpc) is 3.64. The zero-order chi connectivity index (χ0) is 22.7. The van der Waals surface area contributed by atoms with Crippen LogP contribution in [0.4, 0.5) is 4.39 Å². The van der Waals surface area contributed by atoms with Crippen LogP contribution in [0.25, 0.3) is 0 Å². The predicted octanol–water partition coefficient (Wildman–Crippen LogP) is 6.96. The molecule has 4 rings (SSSR count). The lowest BCUT2D eigenvalue weighted by molar-refractivity contribution is -0.142. The Kier molecular flexibility index (Phi) is 7.17. The number of aliphatic carboxylic acids is 1. The van der Waals surface area contributed by atoms with Crippen LogP contribution in [0, 0.1) is 23.6 Å². The van der Waals surface area contributed by atoms with Gasteiger partial charge in [-0.3, -0.25) is 4.79 Å². The molecule has 4 heteroatoms. The van der Waals surface area contributed by atoms with Crippen molar-refractivity contribution in [3.8, 4) is 5.75 Å². The van der Waals surface area contributed by atoms with E-state index in [-0.39, 0.29) is 17.7 Å². The highest BCUT2D eigenvalue weighted by Gasteiger charge is 2.38. The fraction of sp³-hybridized carbons (Fsp3) is 0.536. The van der Waals surface area contributed by atoms with E-state index in [1.165, 1.54) is 5.56 Å². The smallest absolute Gasteiger partial charge is 0.306 e. The number of hydrogen-bond donors (Lipinski definition) is 1. The number of benzene rings is 2. The molecule has 32 heavy (non-hydrogen) atoms. The highest BCUT2D eigenvalue weighted by Crippen LogP contribution is 2.47. The molecular formula is C28H35FO3. The van der Waals surface area contributed by atoms with Crippen molar-refractivity contribution in [1.82, 2.24) is 0 Å². The third-order valence-electron chi connectivity index (χ3n) is 7.54. The predicted molar refractivity (Wildman–Crippen MR) is 125 cm³/mol. The second-order valence-corrected chi connectivity index (χ2v) is 9.80. The molecular weight excluding hydrogens is 403 g/mol. The molecule has 1 N–H and O–H groups in total. The van der Waals surface area contributed by atoms with Gasteiger partial charge >= 0.3 is 5.97 Å². The van der Waals surface area contributed by atoms with E-state index < -0.39 is 5.97 Å². The van der Waals surface area contributed by atoms with Gasteiger partial charge in [-0.05, 0) is 104 Å². The first-order valence-corrected chi connectivity index (χ1v) is 12.2. The van der Waals surface area contributed by atoms with Crippen molar-refractivity contribution in [3.63, 3.8) is 0 Å². The van der Waals surface area contributed by atoms with Crippen molar-refractivity contribution in [2.24, 2.45) is 17.8 Å². The van der Waals surface area contributed by atoms with Crippen LogP contribution in [0.2, 0.25) is 0 Å². The maximum absolute atomic E-state index is 14.4. The van der Waals surface area contributed by atoms with Gasteiger partial charge in [-0.1, -0.05) is 38.1 Å². The first kappa shape index (κ1) is 22.8. The van der Waals surface area contributed by atoms with Gasteiger partial charge in [0.2, 0.25) is 0 Å². The summed E-state index contributed by atoms with van der Waals surface area (Å²) >= 11 is 0. The van der Waals surface area contributed by atoms with Crippen LogP contribution >= 0.6 is 0 Å². The van der Waals surface area contributed by atoms with Crippen molar-refractivity contribution < 1.29 is 19.0 Å². The van der Waals surface area contributed by atoms with E-state index >= 15 is 0 Å². The van der Waals surface area contributed by atoms with Crippen LogP contribution in [0.1, 0.15) is 80.9 Å². The van der Waals surface area contributed by atoms with E-state index in [9.17, 15) is 14.3 Å². The van der Waals surface area contributed by atoms with Crippen molar-refractivity contribution in [3.05, 3.63) is 65.0 Å². The van der Waals surface area contributed by atoms with Crippen LogP contribution in [-0.2, 0) is 11.2 Å². The van der Waals surface area contributed by atoms with Gasteiger partial charge in [-0.15, -0.1) is 0 Å². The van der Waals surface area contributed by atoms with E-state index in [0.29, 0.717) is 24.4 Å². The number of ether oxygens (including phenoxy) is 1. The van der Waals surface area contributed by atoms with Gasteiger partial charge in [0.05, 0.1) is 12.5 Å². The summed E-state index contributed by atoms with van der Waals surface area (Å²) in [4.78, 5) is 11.6. The standard InChI is InChI=1S/C28H35FO3/c1-3-19-9-14-26(29)25(15-19)21-10-7-20(8-11-21)17-32-24-6-4-5-23(16-24)27(22-12-13-22)18(2)28(30)31/h4-6,9,14-16,18,20-22,27H,3,7-8,10-13,17H2,1-2H3,(H,30,31). The Morgan fingerprint density at radius 3 is 2.50 bits per heavy atom. The summed E-state index contributed by atoms with van der Waals surface area (Å²) in [6.07, 6.45) is 7.23. The number of carboxylic acids is 1. The molecule has 0 aromatic heterocycles. The Hall–Kier alpha value is -2.36. The van der Waals surface area contributed by atoms with Gasteiger partial charge in [0.15, 0.2) is 0 Å². The number of carbonyl (C=O) groups is 1. The SMILES string of the molecule is CCc1ccc(F)c(C2CCC(COc3cccc(C(C4CC4)C(C)C(=O)O)c3)CC2)c1. The Bertz CT molecular complexity index is 928. The zero-order valence-electron chi connectivity index (χ0n) is 19.2. The van der Waals surface area contributed by atoms with E-state index in [4.69, 9.17) is 4.74 Å². The van der Waals surface area contributed by atoms with Gasteiger partial charge in [-0.2, -0.15) is 0 Å². The molecule has 2 aliphatic rings. The summed E-state index contributed by atoms with van der Waals surface area (Å²) < 4.78 is 20.5. The quantitative estimate of drug-likeness (QED) is 0.460. The van der Waals surface area contributed by atoms with Gasteiger partial charge in [0.1, 0.15) is 11.6 Å². The number of carboxylic acid groups (broad SMARTS) is 1. The van der Waals surface area contributed by atoms with Crippen LogP contribution < -0.4 is 4.74 Å². The molecule has 3 nitrogen and oxygen atoms in total. The molecule has 0 aliphatic heterocycles. The molecule has 0 saturated heterocycles. The first-order valence-electron chi connectivity index (χ1n) is 12.2. The lowest BCUT2D eigenvalue weighted by Gasteiger charge is -2.29. The van der Waals surface area contributed by atoms with Crippen LogP contribution in [0.15, 0.2) is 42.5 Å². The molecule has 172 valence electrons. The summed E-state index contributed by atoms with van der Waals surface area (Å²) in [5, 5.41) is 9.53. The van der Waals surface area contributed by atoms with Gasteiger partial charge in [0, 0.05) is 0 Å². The summed E-state index contributed by atoms with van der Waals surface area (Å²) in [7, 11) is 0. The van der Waals surface area contributed by atoms with Crippen molar-refractivity contribution in [2.75, 3.05) is 6.61 Å². The Balaban J connectivity index is 1.33. The minimum Gasteiger partial charge on any atom is -0.493 e. The van der Waals surface area contributed by atoms with Crippen molar-refractivity contribution in [1.29, 1.82) is 0 Å². The zero-order valence-corrected chi connectivity index (χ0v) is 19.2. The monoisotopic (exact) mass is 438 g/mol. The molecule has 2 aromatic carbocycles. The van der Waals surface area contributed by atoms with E-state index in [1.54, 1.807) is 6.07 Å². The maximum Gasteiger partial charge on any atom is 0.306 e. The van der Waals surface area contributed by atoms with Gasteiger partial charge in [0.25, 0.3) is 0 Å². The molecule has 0 radical (unpaired) electrons. The topological polar surface area (TPSA) is 46.5 Å². The Morgan fingerprint density at radius 2 is 1.84 bits per heavy atom. The second-order valence-electron chi connectivity index (χ2n) is 9.80. The van der Waals surface area contributed by atoms with E-state index in [0.717, 1.165) is 61.8 Å². The second kappa shape index (κ2) is 10.1. The summed E-state index contributed by atoms with van der Waals surface area (Å²) in [5.41, 5.74) is 3.17. The fourth-order valence-electron chi connectivity index (χ4n) is 5.37. The van der Waals surface area contributed by atoms with E-state index in [1.807, 2.05) is 37.3 Å². The molecule has 0 bridgehead atoms. The van der Waals surface area contributed by atoms with Crippen LogP contribution in [-0.4, -0.2) is 17.7 Å². The number of rotatable bonds is 9. The minimum absolute atomic E-state index is 0.0558. The molecule has 0 amide bonds. The third kappa shape index (κ3) is 5.33. The van der Waals surface area contributed by atoms with Gasteiger partial charge in [-0.25, -0.2) is 4.39 Å². The largest absolute Gasteiger partial charge is 0.493 e. The molecule has 0 heterocycles. The Morgan fingerprint density at radius 1 is 1.09 bits per heavy atom. The van der Waals surface area contributed by atoms with Gasteiger partial charge < -0.3 is 9.84 Å². The average molecular weight is 439 g/mol. The molecule has 2 aliphatic carbocycles. The third-order valence-corrected chi connectivity index (χ3v) is 7.54. The van der Waals surface area contributed by atoms with Crippen molar-refractivity contribution >= 4 is 5.97 Å². The number of hydrogen-bond acceptors (Lipinski definition) is 2. The maximum atomic E-state index is 14.4. The summed E-state index contributed by atoms with van der Waals surface area (Å²) in [5.74, 6) is 0.945. The number of halogens is 1. The summed E-state index contributed by atoms with van der Waals surface area (Å²) in [6.45, 7) is 4.59. The molecule has 2 unspecified atom stereocenters.